The zero-order chi connectivity index (χ0) is 85.1. The monoisotopic (exact) mass is 1570 g/mol. The van der Waals surface area contributed by atoms with Crippen molar-refractivity contribution in [2.45, 2.75) is 0 Å². The highest BCUT2D eigenvalue weighted by Crippen LogP contribution is 2.58. The van der Waals surface area contributed by atoms with Crippen molar-refractivity contribution in [3.63, 3.8) is 0 Å². The van der Waals surface area contributed by atoms with Crippen LogP contribution in [0, 0.1) is 0 Å². The van der Waals surface area contributed by atoms with E-state index in [-0.39, 0.29) is 23.3 Å². The normalized spacial score (nSPS) is 12.9. The molecule has 3 aliphatic rings. The Kier molecular flexibility index (Phi) is 14.7. The Balaban J connectivity index is 0.000000104. The number of para-hydroxylation sites is 6. The number of nitrogens with zero attached hydrogens (tertiary/aromatic N) is 9. The third-order valence-corrected chi connectivity index (χ3v) is 24.7. The van der Waals surface area contributed by atoms with Crippen LogP contribution >= 0.6 is 0 Å². The van der Waals surface area contributed by atoms with Gasteiger partial charge < -0.3 is 0 Å². The van der Waals surface area contributed by atoms with E-state index < -0.39 is 18.1 Å². The summed E-state index contributed by atoms with van der Waals surface area (Å²) >= 11 is 0. The van der Waals surface area contributed by atoms with Gasteiger partial charge in [0.2, 0.25) is 0 Å². The van der Waals surface area contributed by atoms with Crippen molar-refractivity contribution in [2.24, 2.45) is 0 Å². The highest BCUT2D eigenvalue weighted by Gasteiger charge is 2.35. The Labute approximate surface area is 714 Å². The fourth-order valence-electron chi connectivity index (χ4n) is 19.2. The van der Waals surface area contributed by atoms with Gasteiger partial charge in [0.15, 0.2) is 17.5 Å². The quantitative estimate of drug-likeness (QED) is 0.151. The molecule has 6 heterocycles. The maximum Gasteiger partial charge on any atom is 0.165 e. The molecule has 0 atom stereocenters. The fraction of sp³-hybridized carbons (Fsp3) is 0. The van der Waals surface area contributed by atoms with Crippen LogP contribution in [0.1, 0.15) is 6.85 Å². The van der Waals surface area contributed by atoms with Gasteiger partial charge in [-0.3, -0.25) is 14.7 Å². The molecular formula is C114H69N9. The van der Waals surface area contributed by atoms with Crippen molar-refractivity contribution in [3.05, 3.63) is 418 Å². The van der Waals surface area contributed by atoms with Gasteiger partial charge in [-0.2, -0.15) is 0 Å². The van der Waals surface area contributed by atoms with Crippen molar-refractivity contribution in [3.8, 4) is 67.2 Å². The highest BCUT2D eigenvalue weighted by molar-refractivity contribution is 6.22. The van der Waals surface area contributed by atoms with Crippen molar-refractivity contribution in [2.75, 3.05) is 14.7 Å². The number of aromatic nitrogens is 6. The third kappa shape index (κ3) is 11.3. The maximum atomic E-state index is 8.82. The molecule has 0 saturated carbocycles. The summed E-state index contributed by atoms with van der Waals surface area (Å²) in [6, 6.07) is 134. The molecule has 9 nitrogen and oxygen atoms in total. The first kappa shape index (κ1) is 64.5. The zero-order valence-electron chi connectivity index (χ0n) is 71.0. The standard InChI is InChI=1S/C42H25N3.C38H23N3.C34H21N3/c1-2-12-28-25-39-34(23-27(28)11-1)33-19-9-14-26-15-10-22-38(40(26)33)45(39)42-41(43-36-20-7-8-21-37(36)44-42)35-24-29-13-3-4-16-30(29)31-17-5-6-18-32(31)35;1-2-12-27-23-35-31(22-26(27)11-1)29-17-8-14-25-15-9-21-34(36(25)29)41(35)38-37(39-32-19-5-6-20-33(32)40-38)30-18-7-13-24-10-3-4-16-28(24)30;1-2-10-23(11-3-1)33-34(36-29-18-7-6-17-28(29)35-33)37-30-19-9-15-22-14-8-16-26(32(22)30)27-20-24-12-4-5-13-25(24)21-31(27)37/h1-25H;1-23H;1-21H/i;;1D,2D,3D,10D,11D. The lowest BCUT2D eigenvalue weighted by Crippen LogP contribution is -2.18. The van der Waals surface area contributed by atoms with Gasteiger partial charge in [-0.15, -0.1) is 0 Å². The molecule has 0 spiro atoms. The Morgan fingerprint density at radius 3 is 0.886 bits per heavy atom. The van der Waals surface area contributed by atoms with E-state index in [0.29, 0.717) is 16.9 Å². The molecule has 123 heavy (non-hydrogen) atoms. The van der Waals surface area contributed by atoms with Gasteiger partial charge in [-0.1, -0.05) is 321 Å². The molecule has 0 amide bonds. The van der Waals surface area contributed by atoms with Gasteiger partial charge in [0.1, 0.15) is 17.1 Å². The van der Waals surface area contributed by atoms with E-state index >= 15 is 0 Å². The van der Waals surface area contributed by atoms with Crippen LogP contribution in [0.3, 0.4) is 0 Å². The summed E-state index contributed by atoms with van der Waals surface area (Å²) in [5.41, 5.74) is 22.0. The van der Waals surface area contributed by atoms with E-state index in [0.717, 1.165) is 134 Å². The average Bonchev–Trinajstić information content (AvgIpc) is 0.718. The van der Waals surface area contributed by atoms with Crippen LogP contribution in [-0.2, 0) is 0 Å². The predicted molar refractivity (Wildman–Crippen MR) is 514 cm³/mol. The van der Waals surface area contributed by atoms with Crippen molar-refractivity contribution in [1.82, 2.24) is 29.9 Å². The molecule has 3 aliphatic heterocycles. The average molecular weight is 1570 g/mol. The molecule has 3 aromatic heterocycles. The summed E-state index contributed by atoms with van der Waals surface area (Å²) in [6.07, 6.45) is 0. The van der Waals surface area contributed by atoms with Crippen molar-refractivity contribution >= 4 is 182 Å². The van der Waals surface area contributed by atoms with Crippen LogP contribution in [0.25, 0.3) is 197 Å². The van der Waals surface area contributed by atoms with Crippen LogP contribution in [0.4, 0.5) is 51.6 Å². The van der Waals surface area contributed by atoms with E-state index in [4.69, 9.17) is 36.8 Å². The number of hydrogen-bond donors (Lipinski definition) is 0. The number of fused-ring (bicyclic) bond motifs is 16. The lowest BCUT2D eigenvalue weighted by atomic mass is 9.89. The Morgan fingerprint density at radius 2 is 0.463 bits per heavy atom. The molecule has 0 bridgehead atoms. The third-order valence-electron chi connectivity index (χ3n) is 24.7. The zero-order valence-corrected chi connectivity index (χ0v) is 66.0. The molecule has 27 rings (SSSR count). The van der Waals surface area contributed by atoms with E-state index in [9.17, 15) is 0 Å². The summed E-state index contributed by atoms with van der Waals surface area (Å²) in [6.45, 7) is 0. The number of anilines is 9. The topological polar surface area (TPSA) is 87.1 Å². The number of hydrogen-bond acceptors (Lipinski definition) is 9. The molecule has 0 radical (unpaired) electrons. The molecule has 0 aliphatic carbocycles. The molecule has 9 heteroatoms. The summed E-state index contributed by atoms with van der Waals surface area (Å²) in [4.78, 5) is 38.4. The van der Waals surface area contributed by atoms with Crippen molar-refractivity contribution < 1.29 is 6.85 Å². The largest absolute Gasteiger partial charge is 0.292 e. The van der Waals surface area contributed by atoms with Gasteiger partial charge in [0.05, 0.1) is 74.1 Å². The van der Waals surface area contributed by atoms with Gasteiger partial charge in [0, 0.05) is 49.5 Å². The van der Waals surface area contributed by atoms with E-state index in [1.807, 2.05) is 77.7 Å². The lowest BCUT2D eigenvalue weighted by molar-refractivity contribution is 1.18. The second-order valence-corrected chi connectivity index (χ2v) is 31.6. The van der Waals surface area contributed by atoms with Gasteiger partial charge in [0.25, 0.3) is 0 Å². The molecular weight excluding hydrogens is 1500 g/mol. The molecule has 21 aromatic carbocycles. The molecule has 0 fully saturated rings. The first-order valence-electron chi connectivity index (χ1n) is 43.9. The minimum absolute atomic E-state index is 0.0163. The molecule has 24 aromatic rings. The lowest BCUT2D eigenvalue weighted by Gasteiger charge is -2.34. The van der Waals surface area contributed by atoms with Crippen molar-refractivity contribution in [1.29, 1.82) is 0 Å². The predicted octanol–water partition coefficient (Wildman–Crippen LogP) is 30.6. The van der Waals surface area contributed by atoms with Crippen LogP contribution in [0.2, 0.25) is 0 Å². The number of benzene rings is 21. The summed E-state index contributed by atoms with van der Waals surface area (Å²) in [7, 11) is 0. The van der Waals surface area contributed by atoms with Crippen LogP contribution in [-0.4, -0.2) is 29.9 Å². The Hall–Kier alpha value is -16.6. The Bertz CT molecular complexity index is 8880. The Morgan fingerprint density at radius 1 is 0.179 bits per heavy atom. The highest BCUT2D eigenvalue weighted by atomic mass is 15.2. The van der Waals surface area contributed by atoms with Gasteiger partial charge in [-0.25, -0.2) is 29.9 Å². The summed E-state index contributed by atoms with van der Waals surface area (Å²) in [5.74, 6) is 2.05. The fourth-order valence-corrected chi connectivity index (χ4v) is 19.2. The van der Waals surface area contributed by atoms with E-state index in [2.05, 4.69) is 325 Å². The second kappa shape index (κ2) is 28.0. The van der Waals surface area contributed by atoms with Crippen LogP contribution in [0.5, 0.6) is 0 Å². The minimum Gasteiger partial charge on any atom is -0.292 e. The molecule has 0 N–H and O–H groups in total. The van der Waals surface area contributed by atoms with E-state index in [1.54, 1.807) is 0 Å². The van der Waals surface area contributed by atoms with Crippen LogP contribution < -0.4 is 14.7 Å². The second-order valence-electron chi connectivity index (χ2n) is 31.6. The maximum absolute atomic E-state index is 8.82. The van der Waals surface area contributed by atoms with Gasteiger partial charge >= 0.3 is 0 Å². The minimum atomic E-state index is -0.447. The number of rotatable bonds is 6. The smallest absolute Gasteiger partial charge is 0.165 e. The summed E-state index contributed by atoms with van der Waals surface area (Å²) in [5, 5.41) is 21.1. The summed E-state index contributed by atoms with van der Waals surface area (Å²) < 4.78 is 42.6. The van der Waals surface area contributed by atoms with Crippen LogP contribution in [0.15, 0.2) is 418 Å². The molecule has 570 valence electrons. The first-order valence-corrected chi connectivity index (χ1v) is 41.4. The SMILES string of the molecule is [2H]c1c([2H])c([2H])c(-c2nc3ccccc3nc2N2c3cc4ccccc4cc3-c3cccc4cccc2c34)c([2H])c1[2H].c1ccc2cc3c(cc2c1)-c1cccc2cccc(c12)N3c1nc2ccccc2nc1-c1cc2ccccc2c2ccccc12.c1ccc2cc3c(cc2c1)-c1cccc2cccc(c12)N3c1nc2ccccc2nc1-c1cccc2ccccc12. The van der Waals surface area contributed by atoms with E-state index in [1.165, 1.54) is 86.9 Å². The molecule has 0 saturated heterocycles. The first-order chi connectivity index (χ1) is 63.1. The molecule has 0 unspecified atom stereocenters. The van der Waals surface area contributed by atoms with Gasteiger partial charge in [-0.05, 0) is 195 Å².